The van der Waals surface area contributed by atoms with Crippen molar-refractivity contribution in [1.82, 2.24) is 39.4 Å². The summed E-state index contributed by atoms with van der Waals surface area (Å²) in [4.78, 5) is 29.3. The van der Waals surface area contributed by atoms with E-state index >= 15 is 0 Å². The van der Waals surface area contributed by atoms with E-state index in [1.165, 1.54) is 4.68 Å². The van der Waals surface area contributed by atoms with Crippen LogP contribution in [0, 0.1) is 6.92 Å². The fourth-order valence-corrected chi connectivity index (χ4v) is 3.01. The number of nitrogens with zero attached hydrogens (tertiary/aromatic N) is 9. The van der Waals surface area contributed by atoms with Gasteiger partial charge in [-0.15, -0.1) is 5.10 Å². The van der Waals surface area contributed by atoms with Crippen molar-refractivity contribution >= 4 is 11.7 Å². The minimum Gasteiger partial charge on any atom is -0.353 e. The number of amides is 1. The van der Waals surface area contributed by atoms with Gasteiger partial charge in [-0.25, -0.2) is 15.0 Å². The third kappa shape index (κ3) is 3.01. The topological polar surface area (TPSA) is 97.9 Å². The highest BCUT2D eigenvalue weighted by atomic mass is 16.2. The summed E-state index contributed by atoms with van der Waals surface area (Å²) in [5, 5.41) is 7.72. The van der Waals surface area contributed by atoms with E-state index in [9.17, 15) is 4.79 Å². The molecule has 0 aliphatic carbocycles. The number of hydrogen-bond donors (Lipinski definition) is 0. The second-order valence-corrected chi connectivity index (χ2v) is 6.14. The van der Waals surface area contributed by atoms with E-state index in [1.54, 1.807) is 30.7 Å². The Bertz CT molecular complexity index is 923. The Morgan fingerprint density at radius 2 is 1.85 bits per heavy atom. The van der Waals surface area contributed by atoms with Crippen LogP contribution in [-0.2, 0) is 7.05 Å². The van der Waals surface area contributed by atoms with Gasteiger partial charge >= 0.3 is 0 Å². The number of carbonyl (C=O) groups excluding carboxylic acids is 1. The second-order valence-electron chi connectivity index (χ2n) is 6.14. The molecular formula is C16H19N9O. The van der Waals surface area contributed by atoms with Gasteiger partial charge in [0.25, 0.3) is 5.91 Å². The third-order valence-corrected chi connectivity index (χ3v) is 4.42. The van der Waals surface area contributed by atoms with Crippen molar-refractivity contribution in [3.8, 4) is 5.82 Å². The zero-order chi connectivity index (χ0) is 18.1. The number of imidazole rings is 1. The van der Waals surface area contributed by atoms with Gasteiger partial charge in [0, 0.05) is 51.7 Å². The molecule has 0 spiro atoms. The van der Waals surface area contributed by atoms with Crippen molar-refractivity contribution in [2.75, 3.05) is 31.1 Å². The number of carbonyl (C=O) groups is 1. The standard InChI is InChI=1S/C16H19N9O/c1-12-17-3-4-25(12)15-9-14(18-11-19-15)23-5-7-24(8-6-23)16(26)13-10-22(2)21-20-13/h3-4,9-11H,5-8H2,1-2H3. The van der Waals surface area contributed by atoms with Crippen LogP contribution in [-0.4, -0.2) is 71.5 Å². The smallest absolute Gasteiger partial charge is 0.276 e. The molecule has 134 valence electrons. The molecule has 0 aromatic carbocycles. The summed E-state index contributed by atoms with van der Waals surface area (Å²) in [6.07, 6.45) is 6.81. The van der Waals surface area contributed by atoms with Gasteiger partial charge < -0.3 is 9.80 Å². The van der Waals surface area contributed by atoms with Gasteiger partial charge in [-0.1, -0.05) is 5.21 Å². The summed E-state index contributed by atoms with van der Waals surface area (Å²) < 4.78 is 3.45. The van der Waals surface area contributed by atoms with Crippen LogP contribution >= 0.6 is 0 Å². The molecule has 0 unspecified atom stereocenters. The molecule has 10 heteroatoms. The lowest BCUT2D eigenvalue weighted by atomic mass is 10.3. The van der Waals surface area contributed by atoms with E-state index < -0.39 is 0 Å². The van der Waals surface area contributed by atoms with E-state index in [0.29, 0.717) is 31.9 Å². The Morgan fingerprint density at radius 3 is 2.50 bits per heavy atom. The maximum atomic E-state index is 12.5. The van der Waals surface area contributed by atoms with Gasteiger partial charge in [-0.2, -0.15) is 0 Å². The molecule has 1 aliphatic rings. The van der Waals surface area contributed by atoms with Crippen molar-refractivity contribution in [2.45, 2.75) is 6.92 Å². The van der Waals surface area contributed by atoms with Gasteiger partial charge in [0.15, 0.2) is 5.69 Å². The lowest BCUT2D eigenvalue weighted by Crippen LogP contribution is -2.49. The number of hydrogen-bond acceptors (Lipinski definition) is 7. The van der Waals surface area contributed by atoms with E-state index in [2.05, 4.69) is 30.2 Å². The van der Waals surface area contributed by atoms with Crippen molar-refractivity contribution in [2.24, 2.45) is 7.05 Å². The number of aryl methyl sites for hydroxylation is 2. The van der Waals surface area contributed by atoms with E-state index in [1.807, 2.05) is 23.8 Å². The number of anilines is 1. The molecular weight excluding hydrogens is 334 g/mol. The Balaban J connectivity index is 1.45. The Kier molecular flexibility index (Phi) is 4.07. The summed E-state index contributed by atoms with van der Waals surface area (Å²) >= 11 is 0. The normalized spacial score (nSPS) is 14.7. The molecule has 1 fully saturated rings. The molecule has 3 aromatic rings. The predicted octanol–water partition coefficient (Wildman–Crippen LogP) is 0.0616. The van der Waals surface area contributed by atoms with Crippen molar-refractivity contribution in [3.63, 3.8) is 0 Å². The minimum absolute atomic E-state index is 0.0878. The Labute approximate surface area is 150 Å². The maximum Gasteiger partial charge on any atom is 0.276 e. The van der Waals surface area contributed by atoms with Crippen molar-refractivity contribution in [1.29, 1.82) is 0 Å². The summed E-state index contributed by atoms with van der Waals surface area (Å²) in [6, 6.07) is 1.94. The fourth-order valence-electron chi connectivity index (χ4n) is 3.01. The molecule has 26 heavy (non-hydrogen) atoms. The highest BCUT2D eigenvalue weighted by Crippen LogP contribution is 2.17. The second kappa shape index (κ2) is 6.54. The molecule has 0 saturated carbocycles. The van der Waals surface area contributed by atoms with Gasteiger partial charge in [0.05, 0.1) is 6.20 Å². The molecule has 1 aliphatic heterocycles. The first kappa shape index (κ1) is 16.2. The van der Waals surface area contributed by atoms with Crippen LogP contribution < -0.4 is 4.90 Å². The van der Waals surface area contributed by atoms with E-state index in [-0.39, 0.29) is 5.91 Å². The van der Waals surface area contributed by atoms with Crippen LogP contribution in [0.1, 0.15) is 16.3 Å². The van der Waals surface area contributed by atoms with Gasteiger partial charge in [0.1, 0.15) is 23.8 Å². The van der Waals surface area contributed by atoms with Crippen molar-refractivity contribution in [3.05, 3.63) is 42.5 Å². The number of rotatable bonds is 3. The summed E-state index contributed by atoms with van der Waals surface area (Å²) in [7, 11) is 1.75. The minimum atomic E-state index is -0.0878. The molecule has 3 aromatic heterocycles. The van der Waals surface area contributed by atoms with Crippen molar-refractivity contribution < 1.29 is 4.79 Å². The molecule has 0 atom stereocenters. The predicted molar refractivity (Wildman–Crippen MR) is 93.0 cm³/mol. The average Bonchev–Trinajstić information content (AvgIpc) is 3.30. The van der Waals surface area contributed by atoms with Crippen LogP contribution in [0.3, 0.4) is 0 Å². The van der Waals surface area contributed by atoms with Crippen LogP contribution in [0.2, 0.25) is 0 Å². The molecule has 10 nitrogen and oxygen atoms in total. The zero-order valence-electron chi connectivity index (χ0n) is 14.6. The quantitative estimate of drug-likeness (QED) is 0.657. The highest BCUT2D eigenvalue weighted by Gasteiger charge is 2.24. The number of aromatic nitrogens is 7. The molecule has 4 heterocycles. The Morgan fingerprint density at radius 1 is 1.08 bits per heavy atom. The van der Waals surface area contributed by atoms with E-state index in [0.717, 1.165) is 17.5 Å². The maximum absolute atomic E-state index is 12.5. The molecule has 0 N–H and O–H groups in total. The van der Waals surface area contributed by atoms with Gasteiger partial charge in [-0.05, 0) is 6.92 Å². The van der Waals surface area contributed by atoms with Gasteiger partial charge in [-0.3, -0.25) is 14.0 Å². The summed E-state index contributed by atoms with van der Waals surface area (Å²) in [5.41, 5.74) is 0.376. The Hall–Kier alpha value is -3.30. The van der Waals surface area contributed by atoms with Crippen LogP contribution in [0.25, 0.3) is 5.82 Å². The molecule has 0 bridgehead atoms. The third-order valence-electron chi connectivity index (χ3n) is 4.42. The lowest BCUT2D eigenvalue weighted by molar-refractivity contribution is 0.0740. The highest BCUT2D eigenvalue weighted by molar-refractivity contribution is 5.92. The van der Waals surface area contributed by atoms with Gasteiger partial charge in [0.2, 0.25) is 0 Å². The van der Waals surface area contributed by atoms with E-state index in [4.69, 9.17) is 0 Å². The first-order valence-corrected chi connectivity index (χ1v) is 8.35. The molecule has 1 saturated heterocycles. The lowest BCUT2D eigenvalue weighted by Gasteiger charge is -2.35. The largest absolute Gasteiger partial charge is 0.353 e. The monoisotopic (exact) mass is 353 g/mol. The zero-order valence-corrected chi connectivity index (χ0v) is 14.6. The molecule has 0 radical (unpaired) electrons. The summed E-state index contributed by atoms with van der Waals surface area (Å²) in [5.74, 6) is 2.40. The fraction of sp³-hybridized carbons (Fsp3) is 0.375. The SMILES string of the molecule is Cc1nccn1-c1cc(N2CCN(C(=O)c3cn(C)nn3)CC2)ncn1. The average molecular weight is 353 g/mol. The van der Waals surface area contributed by atoms with Crippen LogP contribution in [0.4, 0.5) is 5.82 Å². The number of piperazine rings is 1. The van der Waals surface area contributed by atoms with Crippen LogP contribution in [0.15, 0.2) is 31.0 Å². The first-order valence-electron chi connectivity index (χ1n) is 8.35. The first-order chi connectivity index (χ1) is 12.6. The molecule has 1 amide bonds. The van der Waals surface area contributed by atoms with Crippen LogP contribution in [0.5, 0.6) is 0 Å². The summed E-state index contributed by atoms with van der Waals surface area (Å²) in [6.45, 7) is 4.55. The molecule has 4 rings (SSSR count).